The Morgan fingerprint density at radius 2 is 2.00 bits per heavy atom. The van der Waals surface area contributed by atoms with Gasteiger partial charge in [0.1, 0.15) is 5.82 Å². The SMILES string of the molecule is COC(=O)/C=C/c1c(F)ccc2ccc(OC)nc12. The van der Waals surface area contributed by atoms with Crippen molar-refractivity contribution in [3.05, 3.63) is 41.7 Å². The van der Waals surface area contributed by atoms with Crippen LogP contribution in [0.5, 0.6) is 5.88 Å². The summed E-state index contributed by atoms with van der Waals surface area (Å²) in [5, 5.41) is 0.756. The lowest BCUT2D eigenvalue weighted by Gasteiger charge is -2.05. The van der Waals surface area contributed by atoms with Gasteiger partial charge in [-0.15, -0.1) is 0 Å². The van der Waals surface area contributed by atoms with E-state index in [0.29, 0.717) is 11.4 Å². The summed E-state index contributed by atoms with van der Waals surface area (Å²) < 4.78 is 23.3. The third-order valence-corrected chi connectivity index (χ3v) is 2.62. The highest BCUT2D eigenvalue weighted by Crippen LogP contribution is 2.23. The van der Waals surface area contributed by atoms with Crippen LogP contribution in [0.3, 0.4) is 0 Å². The molecule has 0 amide bonds. The van der Waals surface area contributed by atoms with Gasteiger partial charge in [0.15, 0.2) is 0 Å². The maximum absolute atomic E-state index is 13.8. The number of aromatic nitrogens is 1. The predicted molar refractivity (Wildman–Crippen MR) is 69.3 cm³/mol. The summed E-state index contributed by atoms with van der Waals surface area (Å²) in [5.41, 5.74) is 0.654. The van der Waals surface area contributed by atoms with E-state index in [9.17, 15) is 9.18 Å². The number of nitrogens with zero attached hydrogens (tertiary/aromatic N) is 1. The quantitative estimate of drug-likeness (QED) is 0.629. The number of carbonyl (C=O) groups is 1. The van der Waals surface area contributed by atoms with Crippen molar-refractivity contribution < 1.29 is 18.7 Å². The Morgan fingerprint density at radius 1 is 1.26 bits per heavy atom. The molecule has 0 radical (unpaired) electrons. The zero-order valence-electron chi connectivity index (χ0n) is 10.5. The number of halogens is 1. The van der Waals surface area contributed by atoms with Crippen LogP contribution in [0.1, 0.15) is 5.56 Å². The molecule has 2 aromatic rings. The first-order valence-corrected chi connectivity index (χ1v) is 5.55. The molecule has 1 aromatic carbocycles. The van der Waals surface area contributed by atoms with Gasteiger partial charge in [-0.1, -0.05) is 0 Å². The summed E-state index contributed by atoms with van der Waals surface area (Å²) in [6.07, 6.45) is 2.49. The maximum Gasteiger partial charge on any atom is 0.330 e. The zero-order chi connectivity index (χ0) is 13.8. The number of carbonyl (C=O) groups excluding carboxylic acids is 1. The summed E-state index contributed by atoms with van der Waals surface area (Å²) in [4.78, 5) is 15.3. The molecule has 5 heteroatoms. The van der Waals surface area contributed by atoms with Crippen LogP contribution in [0.4, 0.5) is 4.39 Å². The minimum absolute atomic E-state index is 0.224. The molecule has 0 spiro atoms. The van der Waals surface area contributed by atoms with E-state index in [1.165, 1.54) is 26.4 Å². The topological polar surface area (TPSA) is 48.4 Å². The second-order valence-corrected chi connectivity index (χ2v) is 3.74. The molecule has 0 aliphatic rings. The minimum Gasteiger partial charge on any atom is -0.481 e. The summed E-state index contributed by atoms with van der Waals surface area (Å²) in [6.45, 7) is 0. The second kappa shape index (κ2) is 5.48. The van der Waals surface area contributed by atoms with Crippen molar-refractivity contribution in [1.82, 2.24) is 4.98 Å². The Hall–Kier alpha value is -2.43. The highest BCUT2D eigenvalue weighted by atomic mass is 19.1. The van der Waals surface area contributed by atoms with Gasteiger partial charge in [-0.25, -0.2) is 14.2 Å². The first-order valence-electron chi connectivity index (χ1n) is 5.55. The van der Waals surface area contributed by atoms with Crippen LogP contribution in [0.25, 0.3) is 17.0 Å². The van der Waals surface area contributed by atoms with Gasteiger partial charge in [0.05, 0.1) is 19.7 Å². The zero-order valence-corrected chi connectivity index (χ0v) is 10.5. The molecule has 0 fully saturated rings. The Morgan fingerprint density at radius 3 is 2.68 bits per heavy atom. The van der Waals surface area contributed by atoms with E-state index < -0.39 is 11.8 Å². The fourth-order valence-electron chi connectivity index (χ4n) is 1.66. The lowest BCUT2D eigenvalue weighted by molar-refractivity contribution is -0.134. The number of pyridine rings is 1. The number of benzene rings is 1. The van der Waals surface area contributed by atoms with Crippen LogP contribution in [0, 0.1) is 5.82 Å². The minimum atomic E-state index is -0.556. The van der Waals surface area contributed by atoms with Crippen LogP contribution in [0.2, 0.25) is 0 Å². The molecule has 1 heterocycles. The number of esters is 1. The number of rotatable bonds is 3. The molecule has 1 aromatic heterocycles. The van der Waals surface area contributed by atoms with Gasteiger partial charge in [0, 0.05) is 23.1 Å². The normalized spacial score (nSPS) is 10.9. The van der Waals surface area contributed by atoms with E-state index in [4.69, 9.17) is 4.74 Å². The molecule has 2 rings (SSSR count). The Kier molecular flexibility index (Phi) is 3.75. The highest BCUT2D eigenvalue weighted by Gasteiger charge is 2.08. The summed E-state index contributed by atoms with van der Waals surface area (Å²) in [6, 6.07) is 6.41. The fourth-order valence-corrected chi connectivity index (χ4v) is 1.66. The van der Waals surface area contributed by atoms with E-state index >= 15 is 0 Å². The van der Waals surface area contributed by atoms with Gasteiger partial charge in [-0.3, -0.25) is 0 Å². The Balaban J connectivity index is 2.59. The average Bonchev–Trinajstić information content (AvgIpc) is 2.45. The molecule has 0 atom stereocenters. The molecule has 4 nitrogen and oxygen atoms in total. The Bertz CT molecular complexity index is 652. The van der Waals surface area contributed by atoms with Crippen LogP contribution >= 0.6 is 0 Å². The van der Waals surface area contributed by atoms with E-state index in [-0.39, 0.29) is 5.56 Å². The molecule has 19 heavy (non-hydrogen) atoms. The van der Waals surface area contributed by atoms with Crippen molar-refractivity contribution in [1.29, 1.82) is 0 Å². The third kappa shape index (κ3) is 2.70. The maximum atomic E-state index is 13.8. The molecular formula is C14H12FNO3. The summed E-state index contributed by atoms with van der Waals surface area (Å²) in [7, 11) is 2.74. The predicted octanol–water partition coefficient (Wildman–Crippen LogP) is 2.57. The van der Waals surface area contributed by atoms with Crippen LogP contribution in [0.15, 0.2) is 30.3 Å². The largest absolute Gasteiger partial charge is 0.481 e. The van der Waals surface area contributed by atoms with Crippen LogP contribution in [-0.2, 0) is 9.53 Å². The monoisotopic (exact) mass is 261 g/mol. The van der Waals surface area contributed by atoms with Gasteiger partial charge in [0.2, 0.25) is 5.88 Å². The van der Waals surface area contributed by atoms with Crippen molar-refractivity contribution in [2.24, 2.45) is 0 Å². The molecule has 0 saturated carbocycles. The molecular weight excluding hydrogens is 249 g/mol. The smallest absolute Gasteiger partial charge is 0.330 e. The van der Waals surface area contributed by atoms with E-state index in [1.54, 1.807) is 18.2 Å². The van der Waals surface area contributed by atoms with Crippen molar-refractivity contribution in [2.75, 3.05) is 14.2 Å². The van der Waals surface area contributed by atoms with Gasteiger partial charge >= 0.3 is 5.97 Å². The number of fused-ring (bicyclic) bond motifs is 1. The molecule has 0 aliphatic heterocycles. The van der Waals surface area contributed by atoms with Crippen LogP contribution < -0.4 is 4.74 Å². The molecule has 98 valence electrons. The number of hydrogen-bond donors (Lipinski definition) is 0. The second-order valence-electron chi connectivity index (χ2n) is 3.74. The molecule has 0 N–H and O–H groups in total. The fraction of sp³-hybridized carbons (Fsp3) is 0.143. The van der Waals surface area contributed by atoms with Gasteiger partial charge in [-0.05, 0) is 24.3 Å². The molecule has 0 saturated heterocycles. The molecule has 0 aliphatic carbocycles. The van der Waals surface area contributed by atoms with Crippen LogP contribution in [-0.4, -0.2) is 25.2 Å². The van der Waals surface area contributed by atoms with Crippen molar-refractivity contribution in [2.45, 2.75) is 0 Å². The summed E-state index contributed by atoms with van der Waals surface area (Å²) >= 11 is 0. The van der Waals surface area contributed by atoms with Crippen molar-refractivity contribution in [3.63, 3.8) is 0 Å². The average molecular weight is 261 g/mol. The third-order valence-electron chi connectivity index (χ3n) is 2.62. The highest BCUT2D eigenvalue weighted by molar-refractivity contribution is 5.93. The van der Waals surface area contributed by atoms with E-state index in [1.807, 2.05) is 0 Å². The lowest BCUT2D eigenvalue weighted by atomic mass is 10.1. The number of hydrogen-bond acceptors (Lipinski definition) is 4. The van der Waals surface area contributed by atoms with E-state index in [0.717, 1.165) is 11.5 Å². The van der Waals surface area contributed by atoms with Gasteiger partial charge < -0.3 is 9.47 Å². The van der Waals surface area contributed by atoms with Gasteiger partial charge in [-0.2, -0.15) is 0 Å². The first kappa shape index (κ1) is 13.0. The van der Waals surface area contributed by atoms with Crippen molar-refractivity contribution in [3.8, 4) is 5.88 Å². The van der Waals surface area contributed by atoms with E-state index in [2.05, 4.69) is 9.72 Å². The number of methoxy groups -OCH3 is 2. The molecule has 0 bridgehead atoms. The van der Waals surface area contributed by atoms with Crippen molar-refractivity contribution >= 4 is 22.9 Å². The molecule has 0 unspecified atom stereocenters. The summed E-state index contributed by atoms with van der Waals surface area (Å²) in [5.74, 6) is -0.640. The Labute approximate surface area is 109 Å². The lowest BCUT2D eigenvalue weighted by Crippen LogP contribution is -1.95. The number of ether oxygens (including phenoxy) is 2. The first-order chi connectivity index (χ1) is 9.15. The van der Waals surface area contributed by atoms with Gasteiger partial charge in [0.25, 0.3) is 0 Å². The standard InChI is InChI=1S/C14H12FNO3/c1-18-12-7-4-9-3-6-11(15)10(14(9)16-12)5-8-13(17)19-2/h3-8H,1-2H3/b8-5+.